The number of hydrogen-bond acceptors (Lipinski definition) is 3. The molecule has 0 N–H and O–H groups in total. The Morgan fingerprint density at radius 3 is 2.74 bits per heavy atom. The molecule has 0 fully saturated rings. The molecule has 0 saturated carbocycles. The van der Waals surface area contributed by atoms with Gasteiger partial charge in [0.15, 0.2) is 0 Å². The largest absolute Gasteiger partial charge is 0.494 e. The van der Waals surface area contributed by atoms with E-state index in [0.717, 1.165) is 10.2 Å². The van der Waals surface area contributed by atoms with Gasteiger partial charge in [0, 0.05) is 16.0 Å². The molecule has 0 saturated heterocycles. The van der Waals surface area contributed by atoms with Crippen LogP contribution < -0.4 is 10.3 Å². The number of rotatable bonds is 5. The number of nitrogens with zero attached hydrogens (tertiary/aromatic N) is 2. The van der Waals surface area contributed by atoms with Crippen molar-refractivity contribution in [2.75, 3.05) is 6.61 Å². The average Bonchev–Trinajstić information content (AvgIpc) is 2.55. The summed E-state index contributed by atoms with van der Waals surface area (Å²) in [4.78, 5) is 16.7. The van der Waals surface area contributed by atoms with Crippen molar-refractivity contribution < 1.29 is 4.74 Å². The van der Waals surface area contributed by atoms with E-state index in [-0.39, 0.29) is 5.56 Å². The Hall–Kier alpha value is -1.85. The Kier molecular flexibility index (Phi) is 4.98. The van der Waals surface area contributed by atoms with Crippen LogP contribution in [0, 0.1) is 0 Å². The SMILES string of the molecule is O=c1c2cc(Br)ccc2ncn1CCCOc1ccc(Cl)cc1. The van der Waals surface area contributed by atoms with Crippen LogP contribution in [0.15, 0.2) is 58.1 Å². The lowest BCUT2D eigenvalue weighted by molar-refractivity contribution is 0.301. The monoisotopic (exact) mass is 392 g/mol. The summed E-state index contributed by atoms with van der Waals surface area (Å²) in [7, 11) is 0. The van der Waals surface area contributed by atoms with Crippen LogP contribution in [0.25, 0.3) is 10.9 Å². The predicted molar refractivity (Wildman–Crippen MR) is 95.3 cm³/mol. The van der Waals surface area contributed by atoms with Gasteiger partial charge in [-0.3, -0.25) is 9.36 Å². The topological polar surface area (TPSA) is 44.1 Å². The predicted octanol–water partition coefficient (Wildman–Crippen LogP) is 4.28. The molecule has 3 rings (SSSR count). The van der Waals surface area contributed by atoms with Crippen LogP contribution in [-0.2, 0) is 6.54 Å². The summed E-state index contributed by atoms with van der Waals surface area (Å²) in [5, 5.41) is 1.29. The summed E-state index contributed by atoms with van der Waals surface area (Å²) in [5.41, 5.74) is 0.662. The van der Waals surface area contributed by atoms with Crippen molar-refractivity contribution in [1.82, 2.24) is 9.55 Å². The van der Waals surface area contributed by atoms with Crippen LogP contribution in [0.2, 0.25) is 5.02 Å². The second-order valence-electron chi connectivity index (χ2n) is 5.06. The van der Waals surface area contributed by atoms with Gasteiger partial charge in [0.2, 0.25) is 0 Å². The number of benzene rings is 2. The first-order chi connectivity index (χ1) is 11.1. The number of halogens is 2. The molecule has 0 amide bonds. The molecule has 1 heterocycles. The highest BCUT2D eigenvalue weighted by Gasteiger charge is 2.04. The van der Waals surface area contributed by atoms with E-state index < -0.39 is 0 Å². The third-order valence-electron chi connectivity index (χ3n) is 3.41. The van der Waals surface area contributed by atoms with E-state index in [1.54, 1.807) is 29.1 Å². The van der Waals surface area contributed by atoms with Gasteiger partial charge in [0.1, 0.15) is 5.75 Å². The summed E-state index contributed by atoms with van der Waals surface area (Å²) in [6.45, 7) is 1.08. The molecule has 4 nitrogen and oxygen atoms in total. The number of aryl methyl sites for hydroxylation is 1. The Morgan fingerprint density at radius 2 is 1.96 bits per heavy atom. The van der Waals surface area contributed by atoms with Gasteiger partial charge < -0.3 is 4.74 Å². The van der Waals surface area contributed by atoms with Crippen LogP contribution in [0.3, 0.4) is 0 Å². The number of fused-ring (bicyclic) bond motifs is 1. The minimum Gasteiger partial charge on any atom is -0.494 e. The number of hydrogen-bond donors (Lipinski definition) is 0. The molecule has 6 heteroatoms. The maximum atomic E-state index is 12.4. The first-order valence-electron chi connectivity index (χ1n) is 7.16. The summed E-state index contributed by atoms with van der Waals surface area (Å²) in [6.07, 6.45) is 2.30. The molecule has 23 heavy (non-hydrogen) atoms. The van der Waals surface area contributed by atoms with Crippen molar-refractivity contribution in [1.29, 1.82) is 0 Å². The maximum Gasteiger partial charge on any atom is 0.261 e. The summed E-state index contributed by atoms with van der Waals surface area (Å²) in [6, 6.07) is 12.7. The Labute approximate surface area is 146 Å². The maximum absolute atomic E-state index is 12.4. The Balaban J connectivity index is 1.64. The second kappa shape index (κ2) is 7.15. The average molecular weight is 394 g/mol. The van der Waals surface area contributed by atoms with Gasteiger partial charge >= 0.3 is 0 Å². The molecule has 2 aromatic carbocycles. The smallest absolute Gasteiger partial charge is 0.261 e. The normalized spacial score (nSPS) is 10.9. The summed E-state index contributed by atoms with van der Waals surface area (Å²) < 4.78 is 8.11. The summed E-state index contributed by atoms with van der Waals surface area (Å²) in [5.74, 6) is 0.766. The zero-order chi connectivity index (χ0) is 16.2. The van der Waals surface area contributed by atoms with Crippen molar-refractivity contribution in [2.45, 2.75) is 13.0 Å². The molecule has 0 aliphatic rings. The van der Waals surface area contributed by atoms with Crippen LogP contribution in [0.1, 0.15) is 6.42 Å². The van der Waals surface area contributed by atoms with E-state index >= 15 is 0 Å². The van der Waals surface area contributed by atoms with E-state index in [1.807, 2.05) is 24.3 Å². The molecule has 0 radical (unpaired) electrons. The molecule has 0 unspecified atom stereocenters. The molecule has 0 bridgehead atoms. The summed E-state index contributed by atoms with van der Waals surface area (Å²) >= 11 is 9.21. The first-order valence-corrected chi connectivity index (χ1v) is 8.34. The van der Waals surface area contributed by atoms with Crippen molar-refractivity contribution in [3.05, 3.63) is 68.6 Å². The van der Waals surface area contributed by atoms with Crippen molar-refractivity contribution in [2.24, 2.45) is 0 Å². The molecule has 0 aliphatic carbocycles. The van der Waals surface area contributed by atoms with Crippen LogP contribution in [0.5, 0.6) is 5.75 Å². The van der Waals surface area contributed by atoms with Gasteiger partial charge in [-0.25, -0.2) is 4.98 Å². The highest BCUT2D eigenvalue weighted by Crippen LogP contribution is 2.16. The fourth-order valence-corrected chi connectivity index (χ4v) is 2.73. The zero-order valence-corrected chi connectivity index (χ0v) is 14.5. The molecular weight excluding hydrogens is 380 g/mol. The Morgan fingerprint density at radius 1 is 1.17 bits per heavy atom. The van der Waals surface area contributed by atoms with E-state index in [9.17, 15) is 4.79 Å². The third kappa shape index (κ3) is 3.92. The van der Waals surface area contributed by atoms with Gasteiger partial charge in [-0.15, -0.1) is 0 Å². The van der Waals surface area contributed by atoms with E-state index in [0.29, 0.717) is 35.5 Å². The lowest BCUT2D eigenvalue weighted by Crippen LogP contribution is -2.21. The van der Waals surface area contributed by atoms with Crippen molar-refractivity contribution in [3.8, 4) is 5.75 Å². The van der Waals surface area contributed by atoms with Gasteiger partial charge in [0.05, 0.1) is 23.8 Å². The number of aromatic nitrogens is 2. The molecular formula is C17H14BrClN2O2. The van der Waals surface area contributed by atoms with Gasteiger partial charge in [-0.1, -0.05) is 27.5 Å². The fourth-order valence-electron chi connectivity index (χ4n) is 2.25. The standard InChI is InChI=1S/C17H14BrClN2O2/c18-12-2-7-16-15(10-12)17(22)21(11-20-16)8-1-9-23-14-5-3-13(19)4-6-14/h2-7,10-11H,1,8-9H2. The fraction of sp³-hybridized carbons (Fsp3) is 0.176. The Bertz CT molecular complexity index is 878. The lowest BCUT2D eigenvalue weighted by Gasteiger charge is -2.08. The van der Waals surface area contributed by atoms with Crippen LogP contribution in [-0.4, -0.2) is 16.2 Å². The van der Waals surface area contributed by atoms with Crippen LogP contribution >= 0.6 is 27.5 Å². The zero-order valence-electron chi connectivity index (χ0n) is 12.2. The molecule has 1 aromatic heterocycles. The lowest BCUT2D eigenvalue weighted by atomic mass is 10.2. The van der Waals surface area contributed by atoms with Crippen LogP contribution in [0.4, 0.5) is 0 Å². The first kappa shape index (κ1) is 16.0. The van der Waals surface area contributed by atoms with Gasteiger partial charge in [0.25, 0.3) is 5.56 Å². The van der Waals surface area contributed by atoms with Crippen molar-refractivity contribution >= 4 is 38.4 Å². The highest BCUT2D eigenvalue weighted by molar-refractivity contribution is 9.10. The minimum atomic E-state index is -0.0391. The van der Waals surface area contributed by atoms with E-state index in [2.05, 4.69) is 20.9 Å². The quantitative estimate of drug-likeness (QED) is 0.608. The molecule has 3 aromatic rings. The second-order valence-corrected chi connectivity index (χ2v) is 6.41. The molecule has 0 aliphatic heterocycles. The minimum absolute atomic E-state index is 0.0391. The van der Waals surface area contributed by atoms with Gasteiger partial charge in [-0.2, -0.15) is 0 Å². The third-order valence-corrected chi connectivity index (χ3v) is 4.16. The van der Waals surface area contributed by atoms with E-state index in [1.165, 1.54) is 0 Å². The van der Waals surface area contributed by atoms with E-state index in [4.69, 9.17) is 16.3 Å². The molecule has 118 valence electrons. The number of ether oxygens (including phenoxy) is 1. The highest BCUT2D eigenvalue weighted by atomic mass is 79.9. The van der Waals surface area contributed by atoms with Crippen molar-refractivity contribution in [3.63, 3.8) is 0 Å². The molecule has 0 atom stereocenters. The molecule has 0 spiro atoms. The van der Waals surface area contributed by atoms with Gasteiger partial charge in [-0.05, 0) is 48.9 Å².